The summed E-state index contributed by atoms with van der Waals surface area (Å²) < 4.78 is 11.1. The SMILES string of the molecule is C[C@@H](NC(=O)c1ccc(Cl)cc1Cl)c1ccc2c(c1)OCCO2. The minimum absolute atomic E-state index is 0.204. The fraction of sp³-hybridized carbons (Fsp3) is 0.235. The number of ether oxygens (including phenoxy) is 2. The van der Waals surface area contributed by atoms with Gasteiger partial charge in [-0.2, -0.15) is 0 Å². The largest absolute Gasteiger partial charge is 0.486 e. The number of hydrogen-bond acceptors (Lipinski definition) is 3. The van der Waals surface area contributed by atoms with Crippen molar-refractivity contribution in [1.82, 2.24) is 5.32 Å². The van der Waals surface area contributed by atoms with Crippen LogP contribution in [0.15, 0.2) is 36.4 Å². The van der Waals surface area contributed by atoms with Crippen molar-refractivity contribution < 1.29 is 14.3 Å². The zero-order valence-electron chi connectivity index (χ0n) is 12.4. The van der Waals surface area contributed by atoms with Gasteiger partial charge in [-0.15, -0.1) is 0 Å². The van der Waals surface area contributed by atoms with Crippen LogP contribution in [-0.4, -0.2) is 19.1 Å². The van der Waals surface area contributed by atoms with Gasteiger partial charge in [0.1, 0.15) is 13.2 Å². The molecular formula is C17H15Cl2NO3. The Bertz CT molecular complexity index is 749. The molecule has 120 valence electrons. The molecule has 0 saturated carbocycles. The molecule has 0 fully saturated rings. The third-order valence-corrected chi connectivity index (χ3v) is 4.14. The molecule has 1 heterocycles. The summed E-state index contributed by atoms with van der Waals surface area (Å²) in [5.74, 6) is 1.16. The maximum atomic E-state index is 12.4. The van der Waals surface area contributed by atoms with E-state index in [0.717, 1.165) is 11.3 Å². The van der Waals surface area contributed by atoms with Crippen LogP contribution in [0.3, 0.4) is 0 Å². The molecule has 1 atom stereocenters. The summed E-state index contributed by atoms with van der Waals surface area (Å²) >= 11 is 11.9. The molecule has 0 spiro atoms. The Kier molecular flexibility index (Phi) is 4.64. The Balaban J connectivity index is 1.76. The van der Waals surface area contributed by atoms with E-state index in [9.17, 15) is 4.79 Å². The highest BCUT2D eigenvalue weighted by atomic mass is 35.5. The van der Waals surface area contributed by atoms with Crippen LogP contribution in [-0.2, 0) is 0 Å². The van der Waals surface area contributed by atoms with Gasteiger partial charge in [0.05, 0.1) is 16.6 Å². The number of carbonyl (C=O) groups is 1. The number of nitrogens with one attached hydrogen (secondary N) is 1. The predicted molar refractivity (Wildman–Crippen MR) is 89.8 cm³/mol. The molecule has 2 aromatic rings. The normalized spacial score (nSPS) is 14.2. The molecule has 0 bridgehead atoms. The minimum atomic E-state index is -0.256. The molecule has 0 aromatic heterocycles. The van der Waals surface area contributed by atoms with E-state index in [1.54, 1.807) is 18.2 Å². The average Bonchev–Trinajstić information content (AvgIpc) is 2.54. The fourth-order valence-electron chi connectivity index (χ4n) is 2.36. The average molecular weight is 352 g/mol. The Hall–Kier alpha value is -1.91. The molecule has 6 heteroatoms. The lowest BCUT2D eigenvalue weighted by Crippen LogP contribution is -2.27. The van der Waals surface area contributed by atoms with E-state index in [1.807, 2.05) is 25.1 Å². The van der Waals surface area contributed by atoms with Crippen molar-refractivity contribution >= 4 is 29.1 Å². The number of halogens is 2. The number of benzene rings is 2. The summed E-state index contributed by atoms with van der Waals surface area (Å²) in [5.41, 5.74) is 1.31. The van der Waals surface area contributed by atoms with Gasteiger partial charge in [-0.25, -0.2) is 0 Å². The molecule has 1 aliphatic heterocycles. The molecule has 0 radical (unpaired) electrons. The standard InChI is InChI=1S/C17H15Cl2NO3/c1-10(11-2-5-15-16(8-11)23-7-6-22-15)20-17(21)13-4-3-12(18)9-14(13)19/h2-5,8-10H,6-7H2,1H3,(H,20,21)/t10-/m1/s1. The van der Waals surface area contributed by atoms with Gasteiger partial charge in [0, 0.05) is 5.02 Å². The van der Waals surface area contributed by atoms with Gasteiger partial charge in [0.15, 0.2) is 11.5 Å². The van der Waals surface area contributed by atoms with Crippen LogP contribution in [0.5, 0.6) is 11.5 Å². The lowest BCUT2D eigenvalue weighted by Gasteiger charge is -2.21. The maximum Gasteiger partial charge on any atom is 0.253 e. The second kappa shape index (κ2) is 6.69. The van der Waals surface area contributed by atoms with Crippen LogP contribution in [0, 0.1) is 0 Å². The van der Waals surface area contributed by atoms with Crippen LogP contribution in [0.25, 0.3) is 0 Å². The van der Waals surface area contributed by atoms with Gasteiger partial charge >= 0.3 is 0 Å². The lowest BCUT2D eigenvalue weighted by molar-refractivity contribution is 0.0940. The summed E-state index contributed by atoms with van der Waals surface area (Å²) in [6.07, 6.45) is 0. The summed E-state index contributed by atoms with van der Waals surface area (Å²) in [6, 6.07) is 10.2. The second-order valence-corrected chi connectivity index (χ2v) is 6.07. The van der Waals surface area contributed by atoms with Crippen LogP contribution < -0.4 is 14.8 Å². The second-order valence-electron chi connectivity index (χ2n) is 5.22. The van der Waals surface area contributed by atoms with Gasteiger partial charge in [0.25, 0.3) is 5.91 Å². The number of carbonyl (C=O) groups excluding carboxylic acids is 1. The van der Waals surface area contributed by atoms with Gasteiger partial charge in [0.2, 0.25) is 0 Å². The summed E-state index contributed by atoms with van der Waals surface area (Å²) in [6.45, 7) is 2.97. The highest BCUT2D eigenvalue weighted by molar-refractivity contribution is 6.36. The van der Waals surface area contributed by atoms with Crippen LogP contribution in [0.2, 0.25) is 10.0 Å². The number of fused-ring (bicyclic) bond motifs is 1. The predicted octanol–water partition coefficient (Wildman–Crippen LogP) is 4.26. The van der Waals surface area contributed by atoms with Crippen molar-refractivity contribution in [1.29, 1.82) is 0 Å². The molecule has 23 heavy (non-hydrogen) atoms. The van der Waals surface area contributed by atoms with E-state index in [1.165, 1.54) is 0 Å². The third kappa shape index (κ3) is 3.54. The summed E-state index contributed by atoms with van der Waals surface area (Å²) in [5, 5.41) is 3.73. The monoisotopic (exact) mass is 351 g/mol. The first-order valence-corrected chi connectivity index (χ1v) is 7.95. The number of amides is 1. The Morgan fingerprint density at radius 3 is 2.57 bits per heavy atom. The Morgan fingerprint density at radius 2 is 1.83 bits per heavy atom. The molecule has 0 unspecified atom stereocenters. The van der Waals surface area contributed by atoms with E-state index in [4.69, 9.17) is 32.7 Å². The van der Waals surface area contributed by atoms with E-state index in [0.29, 0.717) is 34.6 Å². The van der Waals surface area contributed by atoms with E-state index < -0.39 is 0 Å². The fourth-order valence-corrected chi connectivity index (χ4v) is 2.85. The molecule has 1 N–H and O–H groups in total. The lowest BCUT2D eigenvalue weighted by atomic mass is 10.1. The van der Waals surface area contributed by atoms with Crippen molar-refractivity contribution in [2.24, 2.45) is 0 Å². The highest BCUT2D eigenvalue weighted by Crippen LogP contribution is 2.32. The maximum absolute atomic E-state index is 12.4. The molecule has 4 nitrogen and oxygen atoms in total. The summed E-state index contributed by atoms with van der Waals surface area (Å²) in [7, 11) is 0. The van der Waals surface area contributed by atoms with Gasteiger partial charge < -0.3 is 14.8 Å². The topological polar surface area (TPSA) is 47.6 Å². The molecule has 0 aliphatic carbocycles. The molecular weight excluding hydrogens is 337 g/mol. The zero-order chi connectivity index (χ0) is 16.4. The first-order valence-electron chi connectivity index (χ1n) is 7.20. The van der Waals surface area contributed by atoms with E-state index in [2.05, 4.69) is 5.32 Å². The van der Waals surface area contributed by atoms with Crippen LogP contribution >= 0.6 is 23.2 Å². The molecule has 3 rings (SSSR count). The van der Waals surface area contributed by atoms with Crippen molar-refractivity contribution in [2.45, 2.75) is 13.0 Å². The minimum Gasteiger partial charge on any atom is -0.486 e. The Morgan fingerprint density at radius 1 is 1.09 bits per heavy atom. The van der Waals surface area contributed by atoms with Crippen molar-refractivity contribution in [3.63, 3.8) is 0 Å². The zero-order valence-corrected chi connectivity index (χ0v) is 13.9. The number of hydrogen-bond donors (Lipinski definition) is 1. The van der Waals surface area contributed by atoms with E-state index in [-0.39, 0.29) is 11.9 Å². The quantitative estimate of drug-likeness (QED) is 0.898. The number of rotatable bonds is 3. The van der Waals surface area contributed by atoms with Gasteiger partial charge in [-0.3, -0.25) is 4.79 Å². The van der Waals surface area contributed by atoms with E-state index >= 15 is 0 Å². The highest BCUT2D eigenvalue weighted by Gasteiger charge is 2.17. The molecule has 1 amide bonds. The van der Waals surface area contributed by atoms with Crippen molar-refractivity contribution in [2.75, 3.05) is 13.2 Å². The first kappa shape index (κ1) is 16.0. The molecule has 0 saturated heterocycles. The van der Waals surface area contributed by atoms with Crippen molar-refractivity contribution in [3.05, 3.63) is 57.6 Å². The Labute approximate surface area is 144 Å². The summed E-state index contributed by atoms with van der Waals surface area (Å²) in [4.78, 5) is 12.4. The molecule has 1 aliphatic rings. The van der Waals surface area contributed by atoms with Gasteiger partial charge in [-0.05, 0) is 42.8 Å². The van der Waals surface area contributed by atoms with Crippen LogP contribution in [0.1, 0.15) is 28.9 Å². The first-order chi connectivity index (χ1) is 11.0. The van der Waals surface area contributed by atoms with Crippen LogP contribution in [0.4, 0.5) is 0 Å². The van der Waals surface area contributed by atoms with Crippen molar-refractivity contribution in [3.8, 4) is 11.5 Å². The molecule has 2 aromatic carbocycles. The smallest absolute Gasteiger partial charge is 0.253 e. The van der Waals surface area contributed by atoms with Gasteiger partial charge in [-0.1, -0.05) is 29.3 Å². The third-order valence-electron chi connectivity index (χ3n) is 3.59.